The van der Waals surface area contributed by atoms with Crippen LogP contribution in [0.4, 0.5) is 14.5 Å². The number of hydrogen-bond acceptors (Lipinski definition) is 3. The van der Waals surface area contributed by atoms with Gasteiger partial charge in [-0.15, -0.1) is 0 Å². The van der Waals surface area contributed by atoms with Gasteiger partial charge in [-0.05, 0) is 38.0 Å². The molecule has 0 aromatic heterocycles. The fourth-order valence-electron chi connectivity index (χ4n) is 2.65. The van der Waals surface area contributed by atoms with Crippen molar-refractivity contribution >= 4 is 17.5 Å². The highest BCUT2D eigenvalue weighted by molar-refractivity contribution is 5.95. The summed E-state index contributed by atoms with van der Waals surface area (Å²) < 4.78 is 26.7. The molecule has 0 radical (unpaired) electrons. The molecule has 0 heterocycles. The summed E-state index contributed by atoms with van der Waals surface area (Å²) in [7, 11) is 0. The number of rotatable bonds is 7. The first-order valence-electron chi connectivity index (χ1n) is 8.59. The van der Waals surface area contributed by atoms with Gasteiger partial charge in [0, 0.05) is 23.4 Å². The van der Waals surface area contributed by atoms with Gasteiger partial charge in [0.25, 0.3) is 0 Å². The molecule has 5 nitrogen and oxygen atoms in total. The van der Waals surface area contributed by atoms with E-state index in [0.29, 0.717) is 0 Å². The second-order valence-electron chi connectivity index (χ2n) is 6.36. The average Bonchev–Trinajstić information content (AvgIpc) is 2.61. The molecule has 0 saturated carbocycles. The summed E-state index contributed by atoms with van der Waals surface area (Å²) in [6.07, 6.45) is 0. The van der Waals surface area contributed by atoms with E-state index in [0.717, 1.165) is 28.9 Å². The van der Waals surface area contributed by atoms with Gasteiger partial charge in [-0.25, -0.2) is 8.78 Å². The first kappa shape index (κ1) is 20.5. The lowest BCUT2D eigenvalue weighted by molar-refractivity contribution is -0.123. The Bertz CT molecular complexity index is 820. The molecule has 2 rings (SSSR count). The topological polar surface area (TPSA) is 70.2 Å². The molecule has 3 N–H and O–H groups in total. The summed E-state index contributed by atoms with van der Waals surface area (Å²) in [5.41, 5.74) is 2.87. The zero-order chi connectivity index (χ0) is 20.0. The normalized spacial score (nSPS) is 11.7. The molecule has 0 aliphatic rings. The van der Waals surface area contributed by atoms with Crippen LogP contribution in [0.3, 0.4) is 0 Å². The predicted molar refractivity (Wildman–Crippen MR) is 100 cm³/mol. The number of amides is 2. The lowest BCUT2D eigenvalue weighted by Gasteiger charge is -2.15. The van der Waals surface area contributed by atoms with Crippen molar-refractivity contribution in [3.8, 4) is 0 Å². The Hall–Kier alpha value is -2.80. The summed E-state index contributed by atoms with van der Waals surface area (Å²) in [4.78, 5) is 23.9. The van der Waals surface area contributed by atoms with Crippen molar-refractivity contribution < 1.29 is 18.4 Å². The molecule has 7 heteroatoms. The van der Waals surface area contributed by atoms with Crippen LogP contribution in [0.2, 0.25) is 0 Å². The van der Waals surface area contributed by atoms with E-state index in [1.807, 2.05) is 32.0 Å². The Morgan fingerprint density at radius 3 is 2.30 bits per heavy atom. The minimum absolute atomic E-state index is 0.103. The van der Waals surface area contributed by atoms with E-state index in [-0.39, 0.29) is 24.6 Å². The second kappa shape index (κ2) is 9.23. The van der Waals surface area contributed by atoms with Crippen molar-refractivity contribution in [2.45, 2.75) is 26.8 Å². The summed E-state index contributed by atoms with van der Waals surface area (Å²) in [5, 5.41) is 8.13. The van der Waals surface area contributed by atoms with Crippen LogP contribution < -0.4 is 16.0 Å². The summed E-state index contributed by atoms with van der Waals surface area (Å²) >= 11 is 0. The summed E-state index contributed by atoms with van der Waals surface area (Å²) in [5.74, 6) is -2.07. The number of benzene rings is 2. The maximum absolute atomic E-state index is 13.7. The molecule has 2 aromatic carbocycles. The molecule has 1 atom stereocenters. The van der Waals surface area contributed by atoms with Gasteiger partial charge in [0.05, 0.1) is 13.1 Å². The van der Waals surface area contributed by atoms with Gasteiger partial charge in [-0.2, -0.15) is 0 Å². The average molecular weight is 375 g/mol. The van der Waals surface area contributed by atoms with Crippen LogP contribution >= 0.6 is 0 Å². The maximum Gasteiger partial charge on any atom is 0.243 e. The number of carbonyl (C=O) groups is 2. The SMILES string of the molecule is Cc1cccc(C)c1NC(=O)CNC(=O)CN[C@@H](C)c1ccc(F)cc1F. The molecule has 0 unspecified atom stereocenters. The van der Waals surface area contributed by atoms with Crippen molar-refractivity contribution in [1.29, 1.82) is 0 Å². The van der Waals surface area contributed by atoms with Gasteiger partial charge in [0.1, 0.15) is 11.6 Å². The lowest BCUT2D eigenvalue weighted by Crippen LogP contribution is -2.39. The third-order valence-electron chi connectivity index (χ3n) is 4.19. The summed E-state index contributed by atoms with van der Waals surface area (Å²) in [6.45, 7) is 5.17. The van der Waals surface area contributed by atoms with Crippen LogP contribution in [0.1, 0.15) is 29.7 Å². The van der Waals surface area contributed by atoms with E-state index >= 15 is 0 Å². The van der Waals surface area contributed by atoms with Gasteiger partial charge in [0.15, 0.2) is 0 Å². The molecule has 2 aromatic rings. The fourth-order valence-corrected chi connectivity index (χ4v) is 2.65. The maximum atomic E-state index is 13.7. The van der Waals surface area contributed by atoms with Crippen LogP contribution in [-0.4, -0.2) is 24.9 Å². The van der Waals surface area contributed by atoms with Crippen molar-refractivity contribution in [3.05, 3.63) is 64.7 Å². The second-order valence-corrected chi connectivity index (χ2v) is 6.36. The third kappa shape index (κ3) is 5.86. The molecular formula is C20H23F2N3O2. The van der Waals surface area contributed by atoms with Crippen molar-refractivity contribution in [1.82, 2.24) is 10.6 Å². The number of para-hydroxylation sites is 1. The number of carbonyl (C=O) groups excluding carboxylic acids is 2. The zero-order valence-electron chi connectivity index (χ0n) is 15.5. The minimum atomic E-state index is -0.677. The highest BCUT2D eigenvalue weighted by Crippen LogP contribution is 2.19. The Balaban J connectivity index is 1.79. The molecule has 0 saturated heterocycles. The van der Waals surface area contributed by atoms with Gasteiger partial charge in [-0.1, -0.05) is 24.3 Å². The van der Waals surface area contributed by atoms with Gasteiger partial charge in [0.2, 0.25) is 11.8 Å². The van der Waals surface area contributed by atoms with E-state index in [4.69, 9.17) is 0 Å². The van der Waals surface area contributed by atoms with Crippen LogP contribution in [0.25, 0.3) is 0 Å². The van der Waals surface area contributed by atoms with Crippen LogP contribution in [-0.2, 0) is 9.59 Å². The summed E-state index contributed by atoms with van der Waals surface area (Å²) in [6, 6.07) is 8.49. The molecule has 27 heavy (non-hydrogen) atoms. The standard InChI is InChI=1S/C20H23F2N3O2/c1-12-5-4-6-13(2)20(12)25-19(27)11-24-18(26)10-23-14(3)16-8-7-15(21)9-17(16)22/h4-9,14,23H,10-11H2,1-3H3,(H,24,26)(H,25,27)/t14-/m0/s1. The Morgan fingerprint density at radius 2 is 1.67 bits per heavy atom. The van der Waals surface area contributed by atoms with E-state index in [2.05, 4.69) is 16.0 Å². The molecular weight excluding hydrogens is 352 g/mol. The fraction of sp³-hybridized carbons (Fsp3) is 0.300. The van der Waals surface area contributed by atoms with Crippen molar-refractivity contribution in [2.24, 2.45) is 0 Å². The van der Waals surface area contributed by atoms with Crippen molar-refractivity contribution in [3.63, 3.8) is 0 Å². The van der Waals surface area contributed by atoms with E-state index in [1.165, 1.54) is 6.07 Å². The smallest absolute Gasteiger partial charge is 0.243 e. The van der Waals surface area contributed by atoms with E-state index in [1.54, 1.807) is 6.92 Å². The number of hydrogen-bond donors (Lipinski definition) is 3. The quantitative estimate of drug-likeness (QED) is 0.697. The van der Waals surface area contributed by atoms with Crippen LogP contribution in [0, 0.1) is 25.5 Å². The molecule has 0 fully saturated rings. The number of anilines is 1. The monoisotopic (exact) mass is 375 g/mol. The predicted octanol–water partition coefficient (Wildman–Crippen LogP) is 2.99. The molecule has 0 spiro atoms. The lowest BCUT2D eigenvalue weighted by atomic mass is 10.1. The zero-order valence-corrected chi connectivity index (χ0v) is 15.5. The Labute approximate surface area is 157 Å². The highest BCUT2D eigenvalue weighted by Gasteiger charge is 2.13. The molecule has 144 valence electrons. The number of aryl methyl sites for hydroxylation is 2. The molecule has 2 amide bonds. The van der Waals surface area contributed by atoms with Gasteiger partial charge < -0.3 is 16.0 Å². The first-order valence-corrected chi connectivity index (χ1v) is 8.59. The minimum Gasteiger partial charge on any atom is -0.346 e. The molecule has 0 bridgehead atoms. The van der Waals surface area contributed by atoms with Crippen LogP contribution in [0.5, 0.6) is 0 Å². The van der Waals surface area contributed by atoms with Gasteiger partial charge in [-0.3, -0.25) is 9.59 Å². The van der Waals surface area contributed by atoms with Crippen molar-refractivity contribution in [2.75, 3.05) is 18.4 Å². The third-order valence-corrected chi connectivity index (χ3v) is 4.19. The number of nitrogens with one attached hydrogen (secondary N) is 3. The Kier molecular flexibility index (Phi) is 7.01. The molecule has 0 aliphatic heterocycles. The first-order chi connectivity index (χ1) is 12.8. The largest absolute Gasteiger partial charge is 0.346 e. The highest BCUT2D eigenvalue weighted by atomic mass is 19.1. The van der Waals surface area contributed by atoms with Gasteiger partial charge >= 0.3 is 0 Å². The van der Waals surface area contributed by atoms with E-state index in [9.17, 15) is 18.4 Å². The van der Waals surface area contributed by atoms with Crippen LogP contribution in [0.15, 0.2) is 36.4 Å². The Morgan fingerprint density at radius 1 is 1.00 bits per heavy atom. The van der Waals surface area contributed by atoms with E-state index < -0.39 is 23.6 Å². The molecule has 0 aliphatic carbocycles. The number of halogens is 2.